The van der Waals surface area contributed by atoms with Gasteiger partial charge in [-0.3, -0.25) is 4.57 Å². The highest BCUT2D eigenvalue weighted by Crippen LogP contribution is 2.32. The van der Waals surface area contributed by atoms with Gasteiger partial charge in [0.05, 0.1) is 4.88 Å². The van der Waals surface area contributed by atoms with Gasteiger partial charge in [0.15, 0.2) is 11.0 Å². The van der Waals surface area contributed by atoms with Gasteiger partial charge >= 0.3 is 0 Å². The molecular weight excluding hydrogens is 370 g/mol. The summed E-state index contributed by atoms with van der Waals surface area (Å²) in [5.74, 6) is 1.77. The van der Waals surface area contributed by atoms with Crippen LogP contribution in [0.5, 0.6) is 0 Å². The van der Waals surface area contributed by atoms with Gasteiger partial charge in [-0.25, -0.2) is 0 Å². The van der Waals surface area contributed by atoms with Crippen LogP contribution in [0.4, 0.5) is 0 Å². The number of nitrogens with zero attached hydrogens (tertiary/aromatic N) is 3. The topological polar surface area (TPSA) is 30.7 Å². The van der Waals surface area contributed by atoms with Crippen LogP contribution >= 0.6 is 23.1 Å². The van der Waals surface area contributed by atoms with E-state index in [1.54, 1.807) is 23.1 Å². The summed E-state index contributed by atoms with van der Waals surface area (Å²) in [6.45, 7) is 6.41. The number of aryl methyl sites for hydroxylation is 3. The second-order valence-electron chi connectivity index (χ2n) is 6.66. The predicted octanol–water partition coefficient (Wildman–Crippen LogP) is 6.21. The molecule has 0 aliphatic rings. The Morgan fingerprint density at radius 2 is 1.74 bits per heavy atom. The van der Waals surface area contributed by atoms with Crippen molar-refractivity contribution in [2.45, 2.75) is 31.7 Å². The van der Waals surface area contributed by atoms with Gasteiger partial charge in [-0.15, -0.1) is 21.5 Å². The van der Waals surface area contributed by atoms with E-state index in [1.807, 2.05) is 0 Å². The Bertz CT molecular complexity index is 1050. The van der Waals surface area contributed by atoms with Crippen molar-refractivity contribution >= 4 is 23.1 Å². The molecule has 4 aromatic rings. The molecule has 0 bridgehead atoms. The second kappa shape index (κ2) is 7.71. The molecule has 0 fully saturated rings. The number of aromatic nitrogens is 3. The van der Waals surface area contributed by atoms with Crippen molar-refractivity contribution in [2.24, 2.45) is 0 Å². The molecule has 0 aliphatic heterocycles. The normalized spacial score (nSPS) is 11.1. The van der Waals surface area contributed by atoms with E-state index in [4.69, 9.17) is 0 Å². The maximum absolute atomic E-state index is 4.51. The quantitative estimate of drug-likeness (QED) is 0.379. The molecule has 2 aromatic carbocycles. The Labute approximate surface area is 168 Å². The molecule has 0 saturated heterocycles. The van der Waals surface area contributed by atoms with Crippen molar-refractivity contribution in [3.8, 4) is 16.4 Å². The monoisotopic (exact) mass is 391 g/mol. The molecule has 0 N–H and O–H groups in total. The highest BCUT2D eigenvalue weighted by Gasteiger charge is 2.17. The molecule has 27 heavy (non-hydrogen) atoms. The van der Waals surface area contributed by atoms with E-state index in [2.05, 4.69) is 95.5 Å². The smallest absolute Gasteiger partial charge is 0.196 e. The van der Waals surface area contributed by atoms with Crippen molar-refractivity contribution < 1.29 is 0 Å². The van der Waals surface area contributed by atoms with Crippen molar-refractivity contribution in [2.75, 3.05) is 0 Å². The van der Waals surface area contributed by atoms with Gasteiger partial charge in [-0.1, -0.05) is 53.7 Å². The molecule has 136 valence electrons. The zero-order valence-electron chi connectivity index (χ0n) is 15.6. The average Bonchev–Trinajstić information content (AvgIpc) is 3.33. The first-order valence-electron chi connectivity index (χ1n) is 8.87. The third-order valence-electron chi connectivity index (χ3n) is 4.61. The second-order valence-corrected chi connectivity index (χ2v) is 8.55. The Balaban J connectivity index is 1.69. The molecule has 0 amide bonds. The summed E-state index contributed by atoms with van der Waals surface area (Å²) >= 11 is 3.41. The molecule has 2 aromatic heterocycles. The van der Waals surface area contributed by atoms with E-state index in [1.165, 1.54) is 22.3 Å². The molecule has 3 nitrogen and oxygen atoms in total. The lowest BCUT2D eigenvalue weighted by atomic mass is 10.1. The molecule has 0 unspecified atom stereocenters. The fourth-order valence-electron chi connectivity index (χ4n) is 2.90. The van der Waals surface area contributed by atoms with E-state index in [-0.39, 0.29) is 0 Å². The number of thioether (sulfide) groups is 1. The third-order valence-corrected chi connectivity index (χ3v) is 6.47. The molecule has 0 aliphatic carbocycles. The van der Waals surface area contributed by atoms with Crippen LogP contribution < -0.4 is 0 Å². The maximum atomic E-state index is 4.51. The Morgan fingerprint density at radius 3 is 2.44 bits per heavy atom. The number of hydrogen-bond acceptors (Lipinski definition) is 4. The van der Waals surface area contributed by atoms with E-state index in [0.29, 0.717) is 0 Å². The summed E-state index contributed by atoms with van der Waals surface area (Å²) < 4.78 is 2.16. The summed E-state index contributed by atoms with van der Waals surface area (Å²) in [6.07, 6.45) is 0. The number of rotatable bonds is 5. The number of thiophene rings is 1. The lowest BCUT2D eigenvalue weighted by molar-refractivity contribution is 0.886. The number of benzene rings is 2. The van der Waals surface area contributed by atoms with Crippen molar-refractivity contribution in [3.63, 3.8) is 0 Å². The summed E-state index contributed by atoms with van der Waals surface area (Å²) in [5, 5.41) is 12.0. The maximum Gasteiger partial charge on any atom is 0.196 e. The van der Waals surface area contributed by atoms with Gasteiger partial charge in [0.1, 0.15) is 0 Å². The first-order chi connectivity index (χ1) is 13.1. The van der Waals surface area contributed by atoms with Crippen LogP contribution in [0.2, 0.25) is 0 Å². The van der Waals surface area contributed by atoms with Crippen molar-refractivity contribution in [1.29, 1.82) is 0 Å². The van der Waals surface area contributed by atoms with Gasteiger partial charge in [-0.2, -0.15) is 0 Å². The zero-order valence-corrected chi connectivity index (χ0v) is 17.3. The average molecular weight is 392 g/mol. The molecule has 0 saturated carbocycles. The standard InChI is InChI=1S/C22H21N3S2/c1-15-6-10-19(11-7-15)25-21(20-5-4-12-26-20)23-24-22(25)27-14-18-9-8-16(2)17(3)13-18/h4-13H,14H2,1-3H3. The number of hydrogen-bond donors (Lipinski definition) is 0. The molecular formula is C22H21N3S2. The minimum absolute atomic E-state index is 0.871. The first-order valence-corrected chi connectivity index (χ1v) is 10.7. The molecule has 4 rings (SSSR count). The van der Waals surface area contributed by atoms with Crippen LogP contribution in [0.25, 0.3) is 16.4 Å². The van der Waals surface area contributed by atoms with Crippen LogP contribution in [0.15, 0.2) is 65.1 Å². The fourth-order valence-corrected chi connectivity index (χ4v) is 4.49. The van der Waals surface area contributed by atoms with E-state index in [0.717, 1.165) is 27.3 Å². The fraction of sp³-hybridized carbons (Fsp3) is 0.182. The van der Waals surface area contributed by atoms with Crippen LogP contribution in [0.1, 0.15) is 22.3 Å². The predicted molar refractivity (Wildman–Crippen MR) is 115 cm³/mol. The summed E-state index contributed by atoms with van der Waals surface area (Å²) in [7, 11) is 0. The lowest BCUT2D eigenvalue weighted by Crippen LogP contribution is -1.99. The highest BCUT2D eigenvalue weighted by molar-refractivity contribution is 7.98. The largest absolute Gasteiger partial charge is 0.269 e. The minimum Gasteiger partial charge on any atom is -0.269 e. The molecule has 0 spiro atoms. The first kappa shape index (κ1) is 18.0. The van der Waals surface area contributed by atoms with Crippen molar-refractivity contribution in [3.05, 3.63) is 82.2 Å². The van der Waals surface area contributed by atoms with Gasteiger partial charge in [0, 0.05) is 11.4 Å². The SMILES string of the molecule is Cc1ccc(-n2c(SCc3ccc(C)c(C)c3)nnc2-c2cccs2)cc1. The van der Waals surface area contributed by atoms with Gasteiger partial charge in [0.25, 0.3) is 0 Å². The highest BCUT2D eigenvalue weighted by atomic mass is 32.2. The Kier molecular flexibility index (Phi) is 5.14. The van der Waals surface area contributed by atoms with Gasteiger partial charge in [0.2, 0.25) is 0 Å². The van der Waals surface area contributed by atoms with Crippen LogP contribution in [0, 0.1) is 20.8 Å². The molecule has 5 heteroatoms. The summed E-state index contributed by atoms with van der Waals surface area (Å²) in [5.41, 5.74) is 6.29. The van der Waals surface area contributed by atoms with Gasteiger partial charge in [-0.05, 0) is 61.0 Å². The van der Waals surface area contributed by atoms with Crippen molar-refractivity contribution in [1.82, 2.24) is 14.8 Å². The Morgan fingerprint density at radius 1 is 0.926 bits per heavy atom. The summed E-state index contributed by atoms with van der Waals surface area (Å²) in [4.78, 5) is 1.13. The van der Waals surface area contributed by atoms with Crippen LogP contribution in [-0.4, -0.2) is 14.8 Å². The lowest BCUT2D eigenvalue weighted by Gasteiger charge is -2.10. The van der Waals surface area contributed by atoms with E-state index >= 15 is 0 Å². The van der Waals surface area contributed by atoms with Gasteiger partial charge < -0.3 is 0 Å². The van der Waals surface area contributed by atoms with Crippen LogP contribution in [-0.2, 0) is 5.75 Å². The molecule has 0 radical (unpaired) electrons. The van der Waals surface area contributed by atoms with E-state index < -0.39 is 0 Å². The third kappa shape index (κ3) is 3.84. The Hall–Kier alpha value is -2.37. The zero-order chi connectivity index (χ0) is 18.8. The summed E-state index contributed by atoms with van der Waals surface area (Å²) in [6, 6.07) is 19.3. The van der Waals surface area contributed by atoms with Crippen LogP contribution in [0.3, 0.4) is 0 Å². The molecule has 0 atom stereocenters. The molecule has 2 heterocycles. The van der Waals surface area contributed by atoms with E-state index in [9.17, 15) is 0 Å². The minimum atomic E-state index is 0.871.